The highest BCUT2D eigenvalue weighted by Gasteiger charge is 2.11. The fourth-order valence-corrected chi connectivity index (χ4v) is 3.01. The smallest absolute Gasteiger partial charge is 0.251 e. The van der Waals surface area contributed by atoms with Crippen molar-refractivity contribution in [3.8, 4) is 11.1 Å². The molecule has 0 unspecified atom stereocenters. The molecule has 3 rings (SSSR count). The number of amides is 1. The summed E-state index contributed by atoms with van der Waals surface area (Å²) in [6, 6.07) is 7.52. The number of hydrogen-bond acceptors (Lipinski definition) is 5. The minimum Gasteiger partial charge on any atom is -0.394 e. The summed E-state index contributed by atoms with van der Waals surface area (Å²) in [5, 5.41) is 16.2. The molecular formula is C19H26N4O3. The molecular weight excluding hydrogens is 332 g/mol. The van der Waals surface area contributed by atoms with Crippen molar-refractivity contribution >= 4 is 5.91 Å². The van der Waals surface area contributed by atoms with Gasteiger partial charge in [-0.2, -0.15) is 5.10 Å². The molecule has 0 bridgehead atoms. The van der Waals surface area contributed by atoms with Gasteiger partial charge in [-0.3, -0.25) is 14.4 Å². The number of aromatic nitrogens is 2. The van der Waals surface area contributed by atoms with Crippen LogP contribution in [-0.2, 0) is 11.3 Å². The lowest BCUT2D eigenvalue weighted by Gasteiger charge is -2.26. The van der Waals surface area contributed by atoms with Gasteiger partial charge in [0.2, 0.25) is 0 Å². The van der Waals surface area contributed by atoms with E-state index in [0.29, 0.717) is 18.7 Å². The average Bonchev–Trinajstić information content (AvgIpc) is 3.15. The first kappa shape index (κ1) is 18.6. The SMILES string of the molecule is O=C(NCCCN1CCOCC1)c1cccc(-c2cnn(CCO)c2)c1. The number of rotatable bonds is 8. The number of hydrogen-bond donors (Lipinski definition) is 2. The molecule has 1 fully saturated rings. The van der Waals surface area contributed by atoms with Crippen LogP contribution in [0.3, 0.4) is 0 Å². The Morgan fingerprint density at radius 2 is 2.08 bits per heavy atom. The lowest BCUT2D eigenvalue weighted by atomic mass is 10.1. The molecule has 26 heavy (non-hydrogen) atoms. The zero-order valence-corrected chi connectivity index (χ0v) is 14.9. The molecule has 0 atom stereocenters. The summed E-state index contributed by atoms with van der Waals surface area (Å²) in [6.45, 7) is 5.70. The lowest BCUT2D eigenvalue weighted by Crippen LogP contribution is -2.38. The van der Waals surface area contributed by atoms with Gasteiger partial charge in [0.1, 0.15) is 0 Å². The third-order valence-corrected chi connectivity index (χ3v) is 4.46. The second-order valence-corrected chi connectivity index (χ2v) is 6.36. The first-order chi connectivity index (χ1) is 12.8. The van der Waals surface area contributed by atoms with E-state index in [4.69, 9.17) is 9.84 Å². The largest absolute Gasteiger partial charge is 0.394 e. The van der Waals surface area contributed by atoms with Crippen LogP contribution in [0.2, 0.25) is 0 Å². The van der Waals surface area contributed by atoms with Crippen molar-refractivity contribution in [2.24, 2.45) is 0 Å². The minimum atomic E-state index is -0.0587. The van der Waals surface area contributed by atoms with Gasteiger partial charge in [-0.1, -0.05) is 12.1 Å². The highest BCUT2D eigenvalue weighted by atomic mass is 16.5. The molecule has 0 saturated carbocycles. The molecule has 2 heterocycles. The number of nitrogens with one attached hydrogen (secondary N) is 1. The zero-order valence-electron chi connectivity index (χ0n) is 14.9. The molecule has 0 aliphatic carbocycles. The van der Waals surface area contributed by atoms with E-state index >= 15 is 0 Å². The molecule has 140 valence electrons. The molecule has 1 saturated heterocycles. The standard InChI is InChI=1S/C19H26N4O3/c24-10-7-23-15-18(14-21-23)16-3-1-4-17(13-16)19(25)20-5-2-6-22-8-11-26-12-9-22/h1,3-4,13-15,24H,2,5-12H2,(H,20,25). The number of morpholine rings is 1. The van der Waals surface area contributed by atoms with E-state index in [1.165, 1.54) is 0 Å². The van der Waals surface area contributed by atoms with Crippen LogP contribution in [0.4, 0.5) is 0 Å². The van der Waals surface area contributed by atoms with Gasteiger partial charge in [-0.25, -0.2) is 0 Å². The summed E-state index contributed by atoms with van der Waals surface area (Å²) in [5.74, 6) is -0.0587. The molecule has 1 aliphatic rings. The summed E-state index contributed by atoms with van der Waals surface area (Å²) in [6.07, 6.45) is 4.55. The number of carbonyl (C=O) groups excluding carboxylic acids is 1. The van der Waals surface area contributed by atoms with E-state index in [2.05, 4.69) is 15.3 Å². The van der Waals surface area contributed by atoms with Crippen molar-refractivity contribution in [3.63, 3.8) is 0 Å². The van der Waals surface area contributed by atoms with Crippen LogP contribution in [0.1, 0.15) is 16.8 Å². The molecule has 0 radical (unpaired) electrons. The Hall–Kier alpha value is -2.22. The summed E-state index contributed by atoms with van der Waals surface area (Å²) < 4.78 is 7.02. The average molecular weight is 358 g/mol. The Bertz CT molecular complexity index is 710. The van der Waals surface area contributed by atoms with Crippen molar-refractivity contribution in [2.45, 2.75) is 13.0 Å². The maximum atomic E-state index is 12.4. The quantitative estimate of drug-likeness (QED) is 0.688. The Morgan fingerprint density at radius 3 is 2.88 bits per heavy atom. The van der Waals surface area contributed by atoms with E-state index in [0.717, 1.165) is 50.4 Å². The predicted octanol–water partition coefficient (Wildman–Crippen LogP) is 0.994. The maximum Gasteiger partial charge on any atom is 0.251 e. The van der Waals surface area contributed by atoms with Gasteiger partial charge in [0.25, 0.3) is 5.91 Å². The van der Waals surface area contributed by atoms with Gasteiger partial charge < -0.3 is 15.2 Å². The normalized spacial score (nSPS) is 15.1. The van der Waals surface area contributed by atoms with Crippen LogP contribution in [-0.4, -0.2) is 71.7 Å². The topological polar surface area (TPSA) is 79.6 Å². The van der Waals surface area contributed by atoms with E-state index in [1.54, 1.807) is 10.9 Å². The summed E-state index contributed by atoms with van der Waals surface area (Å²) in [5.41, 5.74) is 2.51. The van der Waals surface area contributed by atoms with Crippen molar-refractivity contribution in [2.75, 3.05) is 46.0 Å². The fourth-order valence-electron chi connectivity index (χ4n) is 3.01. The van der Waals surface area contributed by atoms with Crippen LogP contribution in [0.25, 0.3) is 11.1 Å². The number of carbonyl (C=O) groups is 1. The Labute approximate surface area is 153 Å². The van der Waals surface area contributed by atoms with Gasteiger partial charge in [0.15, 0.2) is 0 Å². The van der Waals surface area contributed by atoms with E-state index < -0.39 is 0 Å². The number of ether oxygens (including phenoxy) is 1. The van der Waals surface area contributed by atoms with Crippen molar-refractivity contribution < 1.29 is 14.6 Å². The van der Waals surface area contributed by atoms with Gasteiger partial charge >= 0.3 is 0 Å². The van der Waals surface area contributed by atoms with Crippen LogP contribution in [0, 0.1) is 0 Å². The monoisotopic (exact) mass is 358 g/mol. The molecule has 1 amide bonds. The minimum absolute atomic E-state index is 0.0496. The van der Waals surface area contributed by atoms with E-state index in [9.17, 15) is 4.79 Å². The predicted molar refractivity (Wildman–Crippen MR) is 99.0 cm³/mol. The molecule has 0 spiro atoms. The lowest BCUT2D eigenvalue weighted by molar-refractivity contribution is 0.0374. The van der Waals surface area contributed by atoms with Crippen LogP contribution in [0.5, 0.6) is 0 Å². The second kappa shape index (κ2) is 9.47. The van der Waals surface area contributed by atoms with E-state index in [1.807, 2.05) is 30.5 Å². The van der Waals surface area contributed by atoms with Crippen molar-refractivity contribution in [3.05, 3.63) is 42.2 Å². The molecule has 2 aromatic rings. The number of aliphatic hydroxyl groups excluding tert-OH is 1. The fraction of sp³-hybridized carbons (Fsp3) is 0.474. The first-order valence-electron chi connectivity index (χ1n) is 9.08. The highest BCUT2D eigenvalue weighted by molar-refractivity contribution is 5.95. The Kier molecular flexibility index (Phi) is 6.76. The third-order valence-electron chi connectivity index (χ3n) is 4.46. The zero-order chi connectivity index (χ0) is 18.2. The van der Waals surface area contributed by atoms with Gasteiger partial charge in [-0.05, 0) is 30.7 Å². The Morgan fingerprint density at radius 1 is 1.23 bits per heavy atom. The van der Waals surface area contributed by atoms with Crippen molar-refractivity contribution in [1.82, 2.24) is 20.0 Å². The molecule has 1 aromatic carbocycles. The van der Waals surface area contributed by atoms with Crippen LogP contribution in [0.15, 0.2) is 36.7 Å². The summed E-state index contributed by atoms with van der Waals surface area (Å²) in [7, 11) is 0. The number of aliphatic hydroxyl groups is 1. The first-order valence-corrected chi connectivity index (χ1v) is 9.08. The molecule has 1 aromatic heterocycles. The molecule has 1 aliphatic heterocycles. The maximum absolute atomic E-state index is 12.4. The second-order valence-electron chi connectivity index (χ2n) is 6.36. The molecule has 7 nitrogen and oxygen atoms in total. The van der Waals surface area contributed by atoms with Crippen molar-refractivity contribution in [1.29, 1.82) is 0 Å². The van der Waals surface area contributed by atoms with E-state index in [-0.39, 0.29) is 12.5 Å². The van der Waals surface area contributed by atoms with Gasteiger partial charge in [0, 0.05) is 37.0 Å². The van der Waals surface area contributed by atoms with Crippen LogP contribution >= 0.6 is 0 Å². The molecule has 2 N–H and O–H groups in total. The summed E-state index contributed by atoms with van der Waals surface area (Å²) in [4.78, 5) is 14.7. The highest BCUT2D eigenvalue weighted by Crippen LogP contribution is 2.19. The van der Waals surface area contributed by atoms with Crippen LogP contribution < -0.4 is 5.32 Å². The summed E-state index contributed by atoms with van der Waals surface area (Å²) >= 11 is 0. The van der Waals surface area contributed by atoms with Gasteiger partial charge in [0.05, 0.1) is 32.6 Å². The number of benzene rings is 1. The Balaban J connectivity index is 1.50. The molecule has 7 heteroatoms. The third kappa shape index (κ3) is 5.14. The van der Waals surface area contributed by atoms with Gasteiger partial charge in [-0.15, -0.1) is 0 Å². The number of nitrogens with zero attached hydrogens (tertiary/aromatic N) is 3.